The molecule has 2 saturated heterocycles. The summed E-state index contributed by atoms with van der Waals surface area (Å²) in [5.41, 5.74) is 26.6. The van der Waals surface area contributed by atoms with Gasteiger partial charge in [-0.3, -0.25) is 9.79 Å². The topological polar surface area (TPSA) is 269 Å². The smallest absolute Gasteiger partial charge is 0.201 e. The highest BCUT2D eigenvalue weighted by atomic mass is 16.5. The van der Waals surface area contributed by atoms with Gasteiger partial charge in [0, 0.05) is 142 Å². The van der Waals surface area contributed by atoms with E-state index in [-0.39, 0.29) is 17.2 Å². The van der Waals surface area contributed by atoms with Crippen LogP contribution in [0.4, 0.5) is 51.2 Å². The zero-order valence-electron chi connectivity index (χ0n) is 72.3. The number of Topliss-reactive ketones (excluding diaryl/α,β-unsaturated/α-hetero) is 1. The van der Waals surface area contributed by atoms with Crippen molar-refractivity contribution in [2.75, 3.05) is 74.3 Å². The number of aliphatic hydroxyl groups is 1. The number of carbonyl (C=O) groups excluding carboxylic acids is 1. The summed E-state index contributed by atoms with van der Waals surface area (Å²) >= 11 is 0. The predicted octanol–water partition coefficient (Wildman–Crippen LogP) is 16.8. The van der Waals surface area contributed by atoms with Crippen LogP contribution in [0.1, 0.15) is 133 Å². The predicted molar refractivity (Wildman–Crippen MR) is 516 cm³/mol. The first-order valence-electron chi connectivity index (χ1n) is 47.2. The van der Waals surface area contributed by atoms with Crippen LogP contribution in [0.25, 0.3) is 98.4 Å². The highest BCUT2D eigenvalue weighted by molar-refractivity contribution is 6.52. The monoisotopic (exact) mass is 1730 g/mol. The number of nitrogens with one attached hydrogen (secondary N) is 9. The van der Waals surface area contributed by atoms with E-state index < -0.39 is 70.7 Å². The van der Waals surface area contributed by atoms with Gasteiger partial charge in [0.1, 0.15) is 17.1 Å². The molecule has 16 aromatic carbocycles. The van der Waals surface area contributed by atoms with E-state index in [1.165, 1.54) is 33.0 Å². The largest absolute Gasteiger partial charge is 0.851 e. The van der Waals surface area contributed by atoms with Gasteiger partial charge in [0.05, 0.1) is 48.6 Å². The van der Waals surface area contributed by atoms with Gasteiger partial charge < -0.3 is 82.9 Å². The maximum atomic E-state index is 15.8. The number of ketones is 1. The van der Waals surface area contributed by atoms with E-state index in [1.54, 1.807) is 0 Å². The van der Waals surface area contributed by atoms with E-state index in [4.69, 9.17) is 14.5 Å². The molecule has 4 atom stereocenters. The van der Waals surface area contributed by atoms with E-state index in [2.05, 4.69) is 242 Å². The number of benzene rings is 16. The third-order valence-corrected chi connectivity index (χ3v) is 33.2. The fraction of sp³-hybridized carbons (Fsp3) is 0.217. The Bertz CT molecular complexity index is 7830. The van der Waals surface area contributed by atoms with Crippen LogP contribution in [0.3, 0.4) is 0 Å². The Morgan fingerprint density at radius 2 is 0.677 bits per heavy atom. The van der Waals surface area contributed by atoms with E-state index >= 15 is 20.4 Å². The summed E-state index contributed by atoms with van der Waals surface area (Å²) in [7, 11) is 0. The van der Waals surface area contributed by atoms with Crippen molar-refractivity contribution < 1.29 is 39.8 Å². The average molecular weight is 1740 g/mol. The lowest BCUT2D eigenvalue weighted by atomic mass is 9.61. The van der Waals surface area contributed by atoms with Crippen LogP contribution < -0.4 is 78.9 Å². The molecule has 133 heavy (non-hydrogen) atoms. The molecule has 2 saturated carbocycles. The second kappa shape index (κ2) is 26.5. The number of aryl methyl sites for hydroxylation is 4. The Labute approximate surface area is 764 Å². The standard InChI is InChI=1S/C77H52N6O4.C38H34N4O4/c84-71-63(48-35-31-39-15-13-29-58-60(39)67(48)80-75(78-58)52-23-7-1-17-42(52)43-18-2-8-24-53(43)75)72(85)65(71)50-37-33-41-34-38-51(70-62(41)69(50)82-77(83-70)56-27-11-5-21-46(56)47-22-6-12-28-57(47)77)66-73(86)64(74(66)87)49-36-32-40-16-14-30-59-61(40)68(49)81-76(79-59)54-25-9-3-19-44(54)45-20-4-10-26-55(45)76;43-35-29(23-17-21-3-1-19-5-7-25-31(27(19)21)33(23)41-37(39-25)9-13-45-14-10-37)36(44)30(35)24-18-22-4-2-20-6-8-26-32(28(20)22)34(24)42-38(40-26)11-15-46-16-12-38/h1-38,63-66,71-74,78-83H;5-8,17-18,39-41,43H,1-4,9-16H2/q-4;. The summed E-state index contributed by atoms with van der Waals surface area (Å²) in [4.78, 5) is 19.9. The van der Waals surface area contributed by atoms with Crippen LogP contribution in [-0.2, 0) is 56.9 Å². The van der Waals surface area contributed by atoms with E-state index in [0.29, 0.717) is 60.1 Å². The average Bonchev–Trinajstić information content (AvgIpc) is 1.67. The van der Waals surface area contributed by atoms with Gasteiger partial charge in [0.25, 0.3) is 0 Å². The van der Waals surface area contributed by atoms with Crippen molar-refractivity contribution in [3.05, 3.63) is 367 Å². The maximum Gasteiger partial charge on any atom is 0.201 e. The van der Waals surface area contributed by atoms with Crippen LogP contribution in [0, 0.1) is 0 Å². The van der Waals surface area contributed by atoms with Gasteiger partial charge >= 0.3 is 0 Å². The van der Waals surface area contributed by atoms with Crippen LogP contribution in [0.5, 0.6) is 0 Å². The van der Waals surface area contributed by atoms with Crippen LogP contribution in [-0.4, -0.2) is 73.1 Å². The number of hydrogen-bond acceptors (Lipinski definition) is 18. The fourth-order valence-corrected chi connectivity index (χ4v) is 27.1. The number of fused-ring (bicyclic) bond motifs is 15. The molecule has 7 aliphatic heterocycles. The van der Waals surface area contributed by atoms with Gasteiger partial charge in [0.2, 0.25) is 5.78 Å². The first kappa shape index (κ1) is 75.3. The molecule has 0 radical (unpaired) electrons. The molecular weight excluding hydrogens is 1650 g/mol. The molecule has 31 rings (SSSR count). The molecular formula is C115H86N10O8-4. The normalized spacial score (nSPS) is 23.8. The van der Waals surface area contributed by atoms with Crippen LogP contribution >= 0.6 is 0 Å². The van der Waals surface area contributed by atoms with Crippen molar-refractivity contribution in [1.29, 1.82) is 0 Å². The fourth-order valence-electron chi connectivity index (χ4n) is 27.1. The molecule has 10 N–H and O–H groups in total. The molecule has 5 spiro atoms. The minimum absolute atomic E-state index is 0.0816. The van der Waals surface area contributed by atoms with E-state index in [0.717, 1.165) is 228 Å². The zero-order valence-corrected chi connectivity index (χ0v) is 72.3. The quantitative estimate of drug-likeness (QED) is 0.0767. The van der Waals surface area contributed by atoms with Crippen molar-refractivity contribution >= 4 is 122 Å². The molecule has 18 nitrogen and oxygen atoms in total. The first-order valence-corrected chi connectivity index (χ1v) is 47.2. The lowest BCUT2D eigenvalue weighted by molar-refractivity contribution is -0.536. The SMILES string of the molecule is O=C1C(c2cc3c4c(ccc5c4c2NC2(CCOCC2)N5)CC3)=C(O)C1=c1cc2c3c(ccc4c3c1=NC1(CCOCC1)N4)CC2.[O-]C1C(c2ccc3cccc4c3c2NC2(N4)c3ccccc3-c3ccccc32)C([O-])C1c1ccc2ccc(C3C([O-])C(c4ccc5cccc6c5c4NC4(N6)c5ccccc5-c5ccccc54)C3[O-])c3c2c1NC1(N3)c2ccccc2-c2ccccc21. The van der Waals surface area contributed by atoms with Crippen molar-refractivity contribution in [2.24, 2.45) is 4.99 Å². The number of aliphatic hydroxyl groups excluding tert-OH is 1. The van der Waals surface area contributed by atoms with Crippen molar-refractivity contribution in [1.82, 2.24) is 0 Å². The Hall–Kier alpha value is -14.3. The van der Waals surface area contributed by atoms with Gasteiger partial charge in [-0.1, -0.05) is 231 Å². The number of allylic oxidation sites excluding steroid dienone is 2. The number of ether oxygens (including phenoxy) is 2. The molecule has 0 bridgehead atoms. The van der Waals surface area contributed by atoms with Crippen LogP contribution in [0.2, 0.25) is 0 Å². The lowest BCUT2D eigenvalue weighted by Crippen LogP contribution is -2.64. The number of anilines is 9. The van der Waals surface area contributed by atoms with Gasteiger partial charge in [-0.05, 0) is 191 Å². The summed E-state index contributed by atoms with van der Waals surface area (Å²) in [6, 6.07) is 92.1. The molecule has 0 amide bonds. The second-order valence-corrected chi connectivity index (χ2v) is 39.4. The summed E-state index contributed by atoms with van der Waals surface area (Å²) in [5.74, 6) is -3.65. The second-order valence-electron chi connectivity index (χ2n) is 39.4. The Balaban J connectivity index is 0.000000154. The Morgan fingerprint density at radius 1 is 0.308 bits per heavy atom. The highest BCUT2D eigenvalue weighted by Crippen LogP contribution is 2.65. The van der Waals surface area contributed by atoms with Crippen molar-refractivity contribution in [3.63, 3.8) is 0 Å². The van der Waals surface area contributed by atoms with Gasteiger partial charge in [-0.2, -0.15) is 0 Å². The first-order chi connectivity index (χ1) is 65.3. The minimum atomic E-state index is -1.32. The van der Waals surface area contributed by atoms with Gasteiger partial charge in [-0.15, -0.1) is 24.4 Å². The highest BCUT2D eigenvalue weighted by Gasteiger charge is 2.55. The molecule has 16 aromatic rings. The number of nitrogens with zero attached hydrogens (tertiary/aromatic N) is 1. The molecule has 7 heterocycles. The minimum Gasteiger partial charge on any atom is -0.851 e. The third kappa shape index (κ3) is 9.76. The maximum absolute atomic E-state index is 15.8. The summed E-state index contributed by atoms with van der Waals surface area (Å²) < 4.78 is 11.5. The van der Waals surface area contributed by atoms with Crippen LogP contribution in [0.15, 0.2) is 278 Å². The summed E-state index contributed by atoms with van der Waals surface area (Å²) in [6.07, 6.45) is 1.68. The van der Waals surface area contributed by atoms with Gasteiger partial charge in [-0.25, -0.2) is 0 Å². The number of hydrogen-bond donors (Lipinski definition) is 10. The molecule has 15 aliphatic rings. The zero-order chi connectivity index (χ0) is 87.8. The number of carbonyl (C=O) groups is 1. The molecule has 8 aliphatic carbocycles. The molecule has 4 unspecified atom stereocenters. The Kier molecular flexibility index (Phi) is 15.0. The summed E-state index contributed by atoms with van der Waals surface area (Å²) in [5, 5.41) is 122. The van der Waals surface area contributed by atoms with Crippen molar-refractivity contribution in [3.8, 4) is 33.4 Å². The summed E-state index contributed by atoms with van der Waals surface area (Å²) in [6.45, 7) is 2.60. The van der Waals surface area contributed by atoms with Gasteiger partial charge in [0.15, 0.2) is 17.0 Å². The number of rotatable bonds is 5. The molecule has 648 valence electrons. The molecule has 18 heteroatoms. The van der Waals surface area contributed by atoms with Crippen molar-refractivity contribution in [2.45, 2.75) is 128 Å². The molecule has 0 aromatic heterocycles. The van der Waals surface area contributed by atoms with E-state index in [9.17, 15) is 9.90 Å². The van der Waals surface area contributed by atoms with E-state index in [1.807, 2.05) is 72.8 Å². The molecule has 4 fully saturated rings. The lowest BCUT2D eigenvalue weighted by Gasteiger charge is -2.63. The third-order valence-electron chi connectivity index (χ3n) is 33.2. The Morgan fingerprint density at radius 3 is 1.11 bits per heavy atom.